The molecule has 0 aromatic heterocycles. The first-order chi connectivity index (χ1) is 8.77. The van der Waals surface area contributed by atoms with Crippen LogP contribution in [0.2, 0.25) is 0 Å². The quantitative estimate of drug-likeness (QED) is 0.668. The van der Waals surface area contributed by atoms with Crippen LogP contribution in [0.4, 0.5) is 4.39 Å². The van der Waals surface area contributed by atoms with Crippen molar-refractivity contribution >= 4 is 10.8 Å². The summed E-state index contributed by atoms with van der Waals surface area (Å²) in [5.41, 5.74) is 1.55. The van der Waals surface area contributed by atoms with Gasteiger partial charge in [0.25, 0.3) is 0 Å². The highest BCUT2D eigenvalue weighted by Gasteiger charge is 2.08. The number of hydrogen-bond donors (Lipinski definition) is 1. The van der Waals surface area contributed by atoms with E-state index in [1.165, 1.54) is 6.07 Å². The maximum Gasteiger partial charge on any atom is 0.131 e. The number of phenolic OH excluding ortho intramolecular Hbond substituents is 1. The summed E-state index contributed by atoms with van der Waals surface area (Å²) < 4.78 is 13.7. The molecule has 0 aliphatic carbocycles. The van der Waals surface area contributed by atoms with Gasteiger partial charge in [0.05, 0.1) is 0 Å². The summed E-state index contributed by atoms with van der Waals surface area (Å²) in [4.78, 5) is 0. The summed E-state index contributed by atoms with van der Waals surface area (Å²) in [5, 5.41) is 11.3. The largest absolute Gasteiger partial charge is 0.507 e. The molecule has 0 aliphatic rings. The molecule has 0 aliphatic heterocycles. The predicted octanol–water partition coefficient (Wildman–Crippen LogP) is 4.35. The van der Waals surface area contributed by atoms with Crippen molar-refractivity contribution in [2.24, 2.45) is 0 Å². The van der Waals surface area contributed by atoms with Gasteiger partial charge in [-0.25, -0.2) is 4.39 Å². The minimum absolute atomic E-state index is 0.203. The molecule has 3 aromatic carbocycles. The second kappa shape index (κ2) is 4.15. The van der Waals surface area contributed by atoms with E-state index in [-0.39, 0.29) is 11.6 Å². The van der Waals surface area contributed by atoms with Gasteiger partial charge in [-0.15, -0.1) is 0 Å². The number of para-hydroxylation sites is 1. The van der Waals surface area contributed by atoms with E-state index in [4.69, 9.17) is 0 Å². The van der Waals surface area contributed by atoms with Crippen LogP contribution in [0.5, 0.6) is 5.75 Å². The summed E-state index contributed by atoms with van der Waals surface area (Å²) in [6.07, 6.45) is 0. The summed E-state index contributed by atoms with van der Waals surface area (Å²) >= 11 is 0. The van der Waals surface area contributed by atoms with Crippen molar-refractivity contribution in [2.45, 2.75) is 0 Å². The Labute approximate surface area is 104 Å². The first-order valence-electron chi connectivity index (χ1n) is 5.73. The summed E-state index contributed by atoms with van der Waals surface area (Å²) in [6, 6.07) is 17.5. The summed E-state index contributed by atoms with van der Waals surface area (Å²) in [5.74, 6) is -0.0426. The molecule has 3 aromatic rings. The zero-order valence-corrected chi connectivity index (χ0v) is 9.60. The molecular formula is C16H11FO. The molecule has 0 unspecified atom stereocenters. The van der Waals surface area contributed by atoms with E-state index >= 15 is 0 Å². The fraction of sp³-hybridized carbons (Fsp3) is 0. The lowest BCUT2D eigenvalue weighted by Gasteiger charge is -2.08. The second-order valence-electron chi connectivity index (χ2n) is 4.16. The van der Waals surface area contributed by atoms with Gasteiger partial charge in [0, 0.05) is 10.9 Å². The normalized spacial score (nSPS) is 10.7. The highest BCUT2D eigenvalue weighted by Crippen LogP contribution is 2.34. The first-order valence-corrected chi connectivity index (χ1v) is 5.73. The van der Waals surface area contributed by atoms with E-state index in [0.717, 1.165) is 10.9 Å². The number of aromatic hydroxyl groups is 1. The third-order valence-corrected chi connectivity index (χ3v) is 3.06. The number of halogens is 1. The van der Waals surface area contributed by atoms with Crippen molar-refractivity contribution < 1.29 is 9.50 Å². The molecule has 88 valence electrons. The molecule has 0 spiro atoms. The van der Waals surface area contributed by atoms with Crippen molar-refractivity contribution in [3.05, 3.63) is 66.5 Å². The van der Waals surface area contributed by atoms with Crippen LogP contribution < -0.4 is 0 Å². The summed E-state index contributed by atoms with van der Waals surface area (Å²) in [6.45, 7) is 0. The Morgan fingerprint density at radius 3 is 2.17 bits per heavy atom. The van der Waals surface area contributed by atoms with E-state index < -0.39 is 0 Å². The average molecular weight is 238 g/mol. The van der Waals surface area contributed by atoms with Gasteiger partial charge in [-0.05, 0) is 23.1 Å². The smallest absolute Gasteiger partial charge is 0.131 e. The van der Waals surface area contributed by atoms with Crippen LogP contribution in [0, 0.1) is 5.82 Å². The van der Waals surface area contributed by atoms with Crippen LogP contribution in [0.1, 0.15) is 0 Å². The molecule has 1 N–H and O–H groups in total. The molecule has 0 radical (unpaired) electrons. The third-order valence-electron chi connectivity index (χ3n) is 3.06. The predicted molar refractivity (Wildman–Crippen MR) is 71.0 cm³/mol. The highest BCUT2D eigenvalue weighted by molar-refractivity contribution is 5.98. The monoisotopic (exact) mass is 238 g/mol. The van der Waals surface area contributed by atoms with Gasteiger partial charge in [0.1, 0.15) is 11.6 Å². The minimum atomic E-state index is -0.246. The summed E-state index contributed by atoms with van der Waals surface area (Å²) in [7, 11) is 0. The third kappa shape index (κ3) is 1.63. The highest BCUT2D eigenvalue weighted by atomic mass is 19.1. The van der Waals surface area contributed by atoms with E-state index in [9.17, 15) is 9.50 Å². The van der Waals surface area contributed by atoms with Crippen molar-refractivity contribution in [3.63, 3.8) is 0 Å². The molecule has 0 fully saturated rings. The van der Waals surface area contributed by atoms with Gasteiger partial charge in [-0.1, -0.05) is 48.5 Å². The van der Waals surface area contributed by atoms with Gasteiger partial charge < -0.3 is 5.11 Å². The molecule has 0 heterocycles. The van der Waals surface area contributed by atoms with Gasteiger partial charge in [0.2, 0.25) is 0 Å². The second-order valence-corrected chi connectivity index (χ2v) is 4.16. The molecule has 1 nitrogen and oxygen atoms in total. The number of phenols is 1. The van der Waals surface area contributed by atoms with E-state index in [1.54, 1.807) is 30.3 Å². The Bertz CT molecular complexity index is 719. The maximum atomic E-state index is 13.7. The lowest BCUT2D eigenvalue weighted by molar-refractivity contribution is 0.477. The van der Waals surface area contributed by atoms with Gasteiger partial charge in [-0.2, -0.15) is 0 Å². The molecule has 0 amide bonds. The molecule has 18 heavy (non-hydrogen) atoms. The average Bonchev–Trinajstić information content (AvgIpc) is 2.40. The zero-order chi connectivity index (χ0) is 12.5. The van der Waals surface area contributed by atoms with Crippen molar-refractivity contribution in [3.8, 4) is 16.9 Å². The van der Waals surface area contributed by atoms with E-state index in [1.807, 2.05) is 24.3 Å². The van der Waals surface area contributed by atoms with Crippen molar-refractivity contribution in [1.29, 1.82) is 0 Å². The Balaban J connectivity index is 2.37. The number of benzene rings is 3. The van der Waals surface area contributed by atoms with E-state index in [0.29, 0.717) is 10.9 Å². The molecule has 0 saturated carbocycles. The van der Waals surface area contributed by atoms with Gasteiger partial charge >= 0.3 is 0 Å². The standard InChI is InChI=1S/C16H11FO/c17-15-9-4-7-11-12(6-3-8-13(11)15)14-5-1-2-10-16(14)18/h1-10,18H. The first kappa shape index (κ1) is 10.8. The fourth-order valence-electron chi connectivity index (χ4n) is 2.21. The van der Waals surface area contributed by atoms with Crippen LogP contribution in [0.25, 0.3) is 21.9 Å². The lowest BCUT2D eigenvalue weighted by atomic mass is 9.97. The molecule has 3 rings (SSSR count). The lowest BCUT2D eigenvalue weighted by Crippen LogP contribution is -1.84. The van der Waals surface area contributed by atoms with E-state index in [2.05, 4.69) is 0 Å². The topological polar surface area (TPSA) is 20.2 Å². The van der Waals surface area contributed by atoms with Crippen molar-refractivity contribution in [2.75, 3.05) is 0 Å². The molecule has 2 heteroatoms. The SMILES string of the molecule is Oc1ccccc1-c1cccc2c(F)cccc12. The Morgan fingerprint density at radius 2 is 1.33 bits per heavy atom. The number of hydrogen-bond acceptors (Lipinski definition) is 1. The van der Waals surface area contributed by atoms with Crippen LogP contribution in [0.3, 0.4) is 0 Å². The van der Waals surface area contributed by atoms with Gasteiger partial charge in [0.15, 0.2) is 0 Å². The van der Waals surface area contributed by atoms with Gasteiger partial charge in [-0.3, -0.25) is 0 Å². The Hall–Kier alpha value is -2.35. The number of fused-ring (bicyclic) bond motifs is 1. The number of rotatable bonds is 1. The molecule has 0 saturated heterocycles. The fourth-order valence-corrected chi connectivity index (χ4v) is 2.21. The molecular weight excluding hydrogens is 227 g/mol. The molecule has 0 atom stereocenters. The van der Waals surface area contributed by atoms with Crippen LogP contribution >= 0.6 is 0 Å². The zero-order valence-electron chi connectivity index (χ0n) is 9.60. The Kier molecular flexibility index (Phi) is 2.49. The Morgan fingerprint density at radius 1 is 0.667 bits per heavy atom. The van der Waals surface area contributed by atoms with Crippen molar-refractivity contribution in [1.82, 2.24) is 0 Å². The van der Waals surface area contributed by atoms with Crippen LogP contribution in [0.15, 0.2) is 60.7 Å². The maximum absolute atomic E-state index is 13.7. The molecule has 0 bridgehead atoms. The minimum Gasteiger partial charge on any atom is -0.507 e. The van der Waals surface area contributed by atoms with Crippen LogP contribution in [-0.2, 0) is 0 Å². The van der Waals surface area contributed by atoms with Crippen LogP contribution in [-0.4, -0.2) is 5.11 Å².